The van der Waals surface area contributed by atoms with E-state index in [0.29, 0.717) is 12.5 Å². The Labute approximate surface area is 92.5 Å². The number of piperidine rings is 1. The zero-order valence-corrected chi connectivity index (χ0v) is 9.67. The lowest BCUT2D eigenvalue weighted by Crippen LogP contribution is -2.45. The predicted molar refractivity (Wildman–Crippen MR) is 62.7 cm³/mol. The fourth-order valence-electron chi connectivity index (χ4n) is 2.13. The minimum Gasteiger partial charge on any atom is -0.340 e. The van der Waals surface area contributed by atoms with Crippen LogP contribution in [-0.4, -0.2) is 36.5 Å². The van der Waals surface area contributed by atoms with Crippen molar-refractivity contribution in [2.75, 3.05) is 19.6 Å². The van der Waals surface area contributed by atoms with E-state index in [1.807, 2.05) is 11.0 Å². The standard InChI is InChI=1S/C12H22N2O/c1-3-5-6-12(15)14(4-2)11-7-9-13-10-8-11/h3,11,13H,1,4-10H2,2H3. The van der Waals surface area contributed by atoms with Crippen molar-refractivity contribution in [1.29, 1.82) is 0 Å². The molecule has 0 aromatic carbocycles. The van der Waals surface area contributed by atoms with Crippen LogP contribution in [0.2, 0.25) is 0 Å². The quantitative estimate of drug-likeness (QED) is 0.698. The lowest BCUT2D eigenvalue weighted by Gasteiger charge is -2.34. The molecule has 1 aliphatic heterocycles. The molecule has 1 rings (SSSR count). The van der Waals surface area contributed by atoms with E-state index < -0.39 is 0 Å². The van der Waals surface area contributed by atoms with Crippen molar-refractivity contribution in [2.24, 2.45) is 0 Å². The summed E-state index contributed by atoms with van der Waals surface area (Å²) in [5.74, 6) is 0.282. The number of nitrogens with zero attached hydrogens (tertiary/aromatic N) is 1. The third-order valence-electron chi connectivity index (χ3n) is 2.97. The summed E-state index contributed by atoms with van der Waals surface area (Å²) in [5.41, 5.74) is 0. The second-order valence-corrected chi connectivity index (χ2v) is 3.99. The van der Waals surface area contributed by atoms with E-state index in [4.69, 9.17) is 0 Å². The lowest BCUT2D eigenvalue weighted by atomic mass is 10.0. The molecule has 1 heterocycles. The van der Waals surface area contributed by atoms with Crippen molar-refractivity contribution in [3.63, 3.8) is 0 Å². The number of rotatable bonds is 5. The first-order chi connectivity index (χ1) is 7.29. The molecular weight excluding hydrogens is 188 g/mol. The normalized spacial score (nSPS) is 17.4. The van der Waals surface area contributed by atoms with E-state index >= 15 is 0 Å². The fraction of sp³-hybridized carbons (Fsp3) is 0.750. The minimum atomic E-state index is 0.282. The first-order valence-electron chi connectivity index (χ1n) is 5.90. The smallest absolute Gasteiger partial charge is 0.223 e. The van der Waals surface area contributed by atoms with Crippen molar-refractivity contribution in [3.05, 3.63) is 12.7 Å². The van der Waals surface area contributed by atoms with Crippen LogP contribution in [0.3, 0.4) is 0 Å². The summed E-state index contributed by atoms with van der Waals surface area (Å²) in [4.78, 5) is 13.9. The fourth-order valence-corrected chi connectivity index (χ4v) is 2.13. The Morgan fingerprint density at radius 2 is 2.20 bits per heavy atom. The highest BCUT2D eigenvalue weighted by molar-refractivity contribution is 5.76. The number of hydrogen-bond acceptors (Lipinski definition) is 2. The van der Waals surface area contributed by atoms with Gasteiger partial charge in [0, 0.05) is 19.0 Å². The molecule has 0 aromatic rings. The minimum absolute atomic E-state index is 0.282. The number of hydrogen-bond donors (Lipinski definition) is 1. The van der Waals surface area contributed by atoms with E-state index in [2.05, 4.69) is 18.8 Å². The number of nitrogens with one attached hydrogen (secondary N) is 1. The van der Waals surface area contributed by atoms with Crippen molar-refractivity contribution < 1.29 is 4.79 Å². The second kappa shape index (κ2) is 6.62. The first-order valence-corrected chi connectivity index (χ1v) is 5.90. The van der Waals surface area contributed by atoms with Gasteiger partial charge in [-0.05, 0) is 39.3 Å². The Balaban J connectivity index is 2.44. The van der Waals surface area contributed by atoms with Crippen molar-refractivity contribution in [1.82, 2.24) is 10.2 Å². The molecule has 3 heteroatoms. The maximum atomic E-state index is 11.9. The van der Waals surface area contributed by atoms with E-state index in [1.165, 1.54) is 0 Å². The zero-order valence-electron chi connectivity index (χ0n) is 9.67. The van der Waals surface area contributed by atoms with Crippen molar-refractivity contribution in [2.45, 2.75) is 38.6 Å². The summed E-state index contributed by atoms with van der Waals surface area (Å²) in [6.45, 7) is 8.62. The van der Waals surface area contributed by atoms with Crippen molar-refractivity contribution >= 4 is 5.91 Å². The Morgan fingerprint density at radius 3 is 2.73 bits per heavy atom. The maximum Gasteiger partial charge on any atom is 0.223 e. The molecule has 1 fully saturated rings. The molecule has 1 amide bonds. The third kappa shape index (κ3) is 3.67. The Kier molecular flexibility index (Phi) is 5.40. The monoisotopic (exact) mass is 210 g/mol. The molecular formula is C12H22N2O. The summed E-state index contributed by atoms with van der Waals surface area (Å²) < 4.78 is 0. The maximum absolute atomic E-state index is 11.9. The van der Waals surface area contributed by atoms with Gasteiger partial charge in [-0.1, -0.05) is 6.08 Å². The van der Waals surface area contributed by atoms with Crippen LogP contribution in [0.4, 0.5) is 0 Å². The molecule has 1 N–H and O–H groups in total. The van der Waals surface area contributed by atoms with Gasteiger partial charge >= 0.3 is 0 Å². The van der Waals surface area contributed by atoms with Crippen molar-refractivity contribution in [3.8, 4) is 0 Å². The van der Waals surface area contributed by atoms with Crippen LogP contribution >= 0.6 is 0 Å². The van der Waals surface area contributed by atoms with Crippen LogP contribution in [0.25, 0.3) is 0 Å². The highest BCUT2D eigenvalue weighted by Crippen LogP contribution is 2.13. The van der Waals surface area contributed by atoms with Gasteiger partial charge in [-0.15, -0.1) is 6.58 Å². The SMILES string of the molecule is C=CCCC(=O)N(CC)C1CCNCC1. The van der Waals surface area contributed by atoms with Gasteiger partial charge in [-0.2, -0.15) is 0 Å². The molecule has 1 saturated heterocycles. The van der Waals surface area contributed by atoms with Gasteiger partial charge in [0.25, 0.3) is 0 Å². The predicted octanol–water partition coefficient (Wildman–Crippen LogP) is 1.55. The number of allylic oxidation sites excluding steroid dienone is 1. The van der Waals surface area contributed by atoms with Crippen LogP contribution < -0.4 is 5.32 Å². The summed E-state index contributed by atoms with van der Waals surface area (Å²) in [6, 6.07) is 0.452. The van der Waals surface area contributed by atoms with Crippen LogP contribution in [-0.2, 0) is 4.79 Å². The van der Waals surface area contributed by atoms with Crippen LogP contribution in [0.5, 0.6) is 0 Å². The van der Waals surface area contributed by atoms with Crippen LogP contribution in [0.15, 0.2) is 12.7 Å². The van der Waals surface area contributed by atoms with Crippen LogP contribution in [0, 0.1) is 0 Å². The molecule has 1 aliphatic rings. The second-order valence-electron chi connectivity index (χ2n) is 3.99. The molecule has 0 spiro atoms. The molecule has 0 aromatic heterocycles. The highest BCUT2D eigenvalue weighted by Gasteiger charge is 2.22. The highest BCUT2D eigenvalue weighted by atomic mass is 16.2. The third-order valence-corrected chi connectivity index (χ3v) is 2.97. The van der Waals surface area contributed by atoms with Gasteiger partial charge in [-0.3, -0.25) is 4.79 Å². The molecule has 0 radical (unpaired) electrons. The summed E-state index contributed by atoms with van der Waals surface area (Å²) in [6.07, 6.45) is 5.40. The zero-order chi connectivity index (χ0) is 11.1. The summed E-state index contributed by atoms with van der Waals surface area (Å²) >= 11 is 0. The van der Waals surface area contributed by atoms with Gasteiger partial charge in [0.2, 0.25) is 5.91 Å². The molecule has 0 aliphatic carbocycles. The molecule has 86 valence electrons. The largest absolute Gasteiger partial charge is 0.340 e. The van der Waals surface area contributed by atoms with Crippen LogP contribution in [0.1, 0.15) is 32.6 Å². The Hall–Kier alpha value is -0.830. The first kappa shape index (κ1) is 12.2. The van der Waals surface area contributed by atoms with Gasteiger partial charge in [0.05, 0.1) is 0 Å². The molecule has 0 unspecified atom stereocenters. The topological polar surface area (TPSA) is 32.3 Å². The molecule has 3 nitrogen and oxygen atoms in total. The molecule has 15 heavy (non-hydrogen) atoms. The summed E-state index contributed by atoms with van der Waals surface area (Å²) in [5, 5.41) is 3.32. The van der Waals surface area contributed by atoms with Gasteiger partial charge in [0.15, 0.2) is 0 Å². The lowest BCUT2D eigenvalue weighted by molar-refractivity contribution is -0.133. The molecule has 0 saturated carbocycles. The molecule has 0 bridgehead atoms. The number of carbonyl (C=O) groups is 1. The molecule has 0 atom stereocenters. The number of carbonyl (C=O) groups excluding carboxylic acids is 1. The van der Waals surface area contributed by atoms with E-state index in [-0.39, 0.29) is 5.91 Å². The van der Waals surface area contributed by atoms with E-state index in [1.54, 1.807) is 0 Å². The average Bonchev–Trinajstić information content (AvgIpc) is 2.29. The Morgan fingerprint density at radius 1 is 1.53 bits per heavy atom. The average molecular weight is 210 g/mol. The van der Waals surface area contributed by atoms with Gasteiger partial charge < -0.3 is 10.2 Å². The van der Waals surface area contributed by atoms with E-state index in [9.17, 15) is 4.79 Å². The summed E-state index contributed by atoms with van der Waals surface area (Å²) in [7, 11) is 0. The van der Waals surface area contributed by atoms with Gasteiger partial charge in [-0.25, -0.2) is 0 Å². The number of amides is 1. The van der Waals surface area contributed by atoms with E-state index in [0.717, 1.165) is 38.9 Å². The Bertz CT molecular complexity index is 210. The van der Waals surface area contributed by atoms with Gasteiger partial charge in [0.1, 0.15) is 0 Å².